The number of hydrogen-bond donors (Lipinski definition) is 2. The van der Waals surface area contributed by atoms with Gasteiger partial charge in [0.2, 0.25) is 5.56 Å². The van der Waals surface area contributed by atoms with E-state index >= 15 is 0 Å². The largest absolute Gasteiger partial charge is 0.481 e. The van der Waals surface area contributed by atoms with Crippen molar-refractivity contribution in [1.82, 2.24) is 25.2 Å². The predicted molar refractivity (Wildman–Crippen MR) is 70.1 cm³/mol. The van der Waals surface area contributed by atoms with Crippen molar-refractivity contribution in [3.05, 3.63) is 28.7 Å². The van der Waals surface area contributed by atoms with Gasteiger partial charge in [-0.2, -0.15) is 0 Å². The third-order valence-electron chi connectivity index (χ3n) is 2.90. The first-order valence-electron chi connectivity index (χ1n) is 6.30. The van der Waals surface area contributed by atoms with Crippen molar-refractivity contribution in [3.63, 3.8) is 0 Å². The molecule has 2 aromatic heterocycles. The van der Waals surface area contributed by atoms with Crippen LogP contribution in [-0.4, -0.2) is 36.3 Å². The summed E-state index contributed by atoms with van der Waals surface area (Å²) in [5.41, 5.74) is 0.299. The molecule has 0 bridgehead atoms. The lowest BCUT2D eigenvalue weighted by Crippen LogP contribution is -2.17. The highest BCUT2D eigenvalue weighted by atomic mass is 16.4. The van der Waals surface area contributed by atoms with Gasteiger partial charge in [0.1, 0.15) is 0 Å². The monoisotopic (exact) mass is 277 g/mol. The Labute approximate surface area is 114 Å². The average molecular weight is 277 g/mol. The summed E-state index contributed by atoms with van der Waals surface area (Å²) >= 11 is 0. The summed E-state index contributed by atoms with van der Waals surface area (Å²) in [6.07, 6.45) is 2.90. The van der Waals surface area contributed by atoms with Gasteiger partial charge in [0.05, 0.1) is 12.5 Å². The summed E-state index contributed by atoms with van der Waals surface area (Å²) in [6, 6.07) is 2.72. The van der Waals surface area contributed by atoms with Gasteiger partial charge in [0.25, 0.3) is 0 Å². The molecule has 0 saturated carbocycles. The average Bonchev–Trinajstić information content (AvgIpc) is 2.86. The number of carboxylic acid groups (broad SMARTS) is 1. The zero-order chi connectivity index (χ0) is 14.5. The molecule has 1 unspecified atom stereocenters. The molecular formula is C12H15N5O3. The summed E-state index contributed by atoms with van der Waals surface area (Å²) in [4.78, 5) is 24.8. The maximum absolute atomic E-state index is 11.3. The number of aromatic nitrogens is 5. The van der Waals surface area contributed by atoms with E-state index in [2.05, 4.69) is 20.5 Å². The van der Waals surface area contributed by atoms with Crippen LogP contribution in [0.3, 0.4) is 0 Å². The zero-order valence-electron chi connectivity index (χ0n) is 11.0. The number of hydrogen-bond acceptors (Lipinski definition) is 5. The maximum Gasteiger partial charge on any atom is 0.305 e. The highest BCUT2D eigenvalue weighted by molar-refractivity contribution is 5.67. The topological polar surface area (TPSA) is 114 Å². The molecule has 8 nitrogen and oxygen atoms in total. The molecule has 1 atom stereocenters. The second-order valence-corrected chi connectivity index (χ2v) is 4.43. The fourth-order valence-corrected chi connectivity index (χ4v) is 2.06. The Hall–Kier alpha value is -2.51. The quantitative estimate of drug-likeness (QED) is 0.808. The standard InChI is InChI=1S/C12H15N5O3/c1-2-3-9(7-11(19)20)17-12(14-15-16-17)8-4-5-13-10(18)6-8/h4-6,9H,2-3,7H2,1H3,(H,13,18)(H,19,20). The number of H-pyrrole nitrogens is 1. The van der Waals surface area contributed by atoms with Crippen LogP contribution in [0.15, 0.2) is 23.1 Å². The molecule has 0 aliphatic rings. The van der Waals surface area contributed by atoms with Crippen LogP contribution in [-0.2, 0) is 4.79 Å². The van der Waals surface area contributed by atoms with Crippen LogP contribution in [0.2, 0.25) is 0 Å². The molecule has 2 aromatic rings. The highest BCUT2D eigenvalue weighted by Crippen LogP contribution is 2.23. The van der Waals surface area contributed by atoms with Gasteiger partial charge >= 0.3 is 5.97 Å². The fraction of sp³-hybridized carbons (Fsp3) is 0.417. The van der Waals surface area contributed by atoms with E-state index < -0.39 is 5.97 Å². The van der Waals surface area contributed by atoms with E-state index in [1.807, 2.05) is 6.92 Å². The Bertz CT molecular complexity index is 648. The summed E-state index contributed by atoms with van der Waals surface area (Å²) in [6.45, 7) is 1.96. The third kappa shape index (κ3) is 3.08. The van der Waals surface area contributed by atoms with Crippen LogP contribution < -0.4 is 5.56 Å². The molecule has 0 aromatic carbocycles. The minimum Gasteiger partial charge on any atom is -0.481 e. The van der Waals surface area contributed by atoms with E-state index in [0.29, 0.717) is 17.8 Å². The number of rotatable bonds is 6. The Kier molecular flexibility index (Phi) is 4.24. The van der Waals surface area contributed by atoms with Crippen LogP contribution in [0.25, 0.3) is 11.4 Å². The molecule has 0 fully saturated rings. The van der Waals surface area contributed by atoms with Crippen molar-refractivity contribution in [2.45, 2.75) is 32.2 Å². The van der Waals surface area contributed by atoms with Crippen LogP contribution in [0, 0.1) is 0 Å². The molecule has 0 amide bonds. The maximum atomic E-state index is 11.3. The number of nitrogens with zero attached hydrogens (tertiary/aromatic N) is 4. The second kappa shape index (κ2) is 6.09. The summed E-state index contributed by atoms with van der Waals surface area (Å²) in [5, 5.41) is 20.3. The number of aromatic amines is 1. The molecule has 8 heteroatoms. The number of carboxylic acids is 1. The molecule has 0 aliphatic carbocycles. The first kappa shape index (κ1) is 13.9. The second-order valence-electron chi connectivity index (χ2n) is 4.43. The van der Waals surface area contributed by atoms with Crippen molar-refractivity contribution >= 4 is 5.97 Å². The highest BCUT2D eigenvalue weighted by Gasteiger charge is 2.20. The number of carbonyl (C=O) groups is 1. The SMILES string of the molecule is CCCC(CC(=O)O)n1nnnc1-c1cc[nH]c(=O)c1. The summed E-state index contributed by atoms with van der Waals surface area (Å²) < 4.78 is 1.48. The molecule has 20 heavy (non-hydrogen) atoms. The van der Waals surface area contributed by atoms with Gasteiger partial charge in [-0.3, -0.25) is 9.59 Å². The normalized spacial score (nSPS) is 12.2. The Morgan fingerprint density at radius 2 is 2.35 bits per heavy atom. The Balaban J connectivity index is 2.40. The van der Waals surface area contributed by atoms with Crippen molar-refractivity contribution in [1.29, 1.82) is 0 Å². The summed E-state index contributed by atoms with van der Waals surface area (Å²) in [7, 11) is 0. The van der Waals surface area contributed by atoms with Crippen LogP contribution in [0.5, 0.6) is 0 Å². The van der Waals surface area contributed by atoms with Crippen molar-refractivity contribution in [2.75, 3.05) is 0 Å². The van der Waals surface area contributed by atoms with Crippen molar-refractivity contribution in [3.8, 4) is 11.4 Å². The number of tetrazole rings is 1. The lowest BCUT2D eigenvalue weighted by Gasteiger charge is -2.15. The first-order chi connectivity index (χ1) is 9.61. The molecule has 2 rings (SSSR count). The van der Waals surface area contributed by atoms with Crippen LogP contribution in [0.1, 0.15) is 32.2 Å². The van der Waals surface area contributed by atoms with E-state index in [9.17, 15) is 9.59 Å². The summed E-state index contributed by atoms with van der Waals surface area (Å²) in [5.74, 6) is -0.508. The predicted octanol–water partition coefficient (Wildman–Crippen LogP) is 0.844. The lowest BCUT2D eigenvalue weighted by atomic mass is 10.1. The van der Waals surface area contributed by atoms with Gasteiger partial charge in [-0.25, -0.2) is 4.68 Å². The van der Waals surface area contributed by atoms with Gasteiger partial charge in [-0.1, -0.05) is 13.3 Å². The first-order valence-corrected chi connectivity index (χ1v) is 6.30. The van der Waals surface area contributed by atoms with Crippen molar-refractivity contribution in [2.24, 2.45) is 0 Å². The smallest absolute Gasteiger partial charge is 0.305 e. The van der Waals surface area contributed by atoms with E-state index in [1.165, 1.54) is 16.9 Å². The zero-order valence-corrected chi connectivity index (χ0v) is 11.0. The fourth-order valence-electron chi connectivity index (χ4n) is 2.06. The van der Waals surface area contributed by atoms with Gasteiger partial charge in [0, 0.05) is 17.8 Å². The molecule has 0 aliphatic heterocycles. The van der Waals surface area contributed by atoms with E-state index in [1.54, 1.807) is 6.07 Å². The molecule has 0 radical (unpaired) electrons. The Morgan fingerprint density at radius 3 is 3.00 bits per heavy atom. The number of nitrogens with one attached hydrogen (secondary N) is 1. The third-order valence-corrected chi connectivity index (χ3v) is 2.90. The molecule has 0 spiro atoms. The van der Waals surface area contributed by atoms with Gasteiger partial charge in [0.15, 0.2) is 5.82 Å². The molecule has 106 valence electrons. The van der Waals surface area contributed by atoms with E-state index in [-0.39, 0.29) is 18.0 Å². The molecular weight excluding hydrogens is 262 g/mol. The molecule has 2 N–H and O–H groups in total. The number of aliphatic carboxylic acids is 1. The number of pyridine rings is 1. The van der Waals surface area contributed by atoms with E-state index in [4.69, 9.17) is 5.11 Å². The minimum absolute atomic E-state index is 0.0604. The van der Waals surface area contributed by atoms with Crippen LogP contribution >= 0.6 is 0 Å². The van der Waals surface area contributed by atoms with Crippen molar-refractivity contribution < 1.29 is 9.90 Å². The van der Waals surface area contributed by atoms with E-state index in [0.717, 1.165) is 6.42 Å². The molecule has 2 heterocycles. The van der Waals surface area contributed by atoms with Crippen LogP contribution in [0.4, 0.5) is 0 Å². The van der Waals surface area contributed by atoms with Gasteiger partial charge in [-0.05, 0) is 22.9 Å². The molecule has 0 saturated heterocycles. The van der Waals surface area contributed by atoms with Gasteiger partial charge in [-0.15, -0.1) is 5.10 Å². The lowest BCUT2D eigenvalue weighted by molar-refractivity contribution is -0.138. The minimum atomic E-state index is -0.907. The van der Waals surface area contributed by atoms with Gasteiger partial charge < -0.3 is 10.1 Å². The Morgan fingerprint density at radius 1 is 1.55 bits per heavy atom.